The van der Waals surface area contributed by atoms with Crippen LogP contribution in [0.5, 0.6) is 0 Å². The molecule has 0 radical (unpaired) electrons. The molecule has 0 atom stereocenters. The Balaban J connectivity index is 1.65. The molecule has 1 N–H and O–H groups in total. The van der Waals surface area contributed by atoms with E-state index in [-0.39, 0.29) is 17.6 Å². The first kappa shape index (κ1) is 19.3. The zero-order valence-electron chi connectivity index (χ0n) is 16.1. The number of aromatic nitrogens is 2. The van der Waals surface area contributed by atoms with Gasteiger partial charge in [0, 0.05) is 43.2 Å². The van der Waals surface area contributed by atoms with Crippen LogP contribution in [0, 0.1) is 6.92 Å². The Kier molecular flexibility index (Phi) is 5.84. The lowest BCUT2D eigenvalue weighted by Crippen LogP contribution is -2.24. The van der Waals surface area contributed by atoms with E-state index >= 15 is 0 Å². The number of carbonyl (C=O) groups excluding carboxylic acids is 2. The third-order valence-corrected chi connectivity index (χ3v) is 4.33. The van der Waals surface area contributed by atoms with E-state index in [2.05, 4.69) is 15.3 Å². The molecular weight excluding hydrogens is 356 g/mol. The second-order valence-electron chi connectivity index (χ2n) is 6.37. The molecule has 144 valence electrons. The maximum Gasteiger partial charge on any atom is 0.288 e. The summed E-state index contributed by atoms with van der Waals surface area (Å²) in [6.07, 6.45) is 3.57. The van der Waals surface area contributed by atoms with Crippen molar-refractivity contribution in [2.75, 3.05) is 11.9 Å². The summed E-state index contributed by atoms with van der Waals surface area (Å²) in [6, 6.07) is 11.1. The largest absolute Gasteiger partial charge is 0.431 e. The van der Waals surface area contributed by atoms with Crippen LogP contribution in [0.25, 0.3) is 11.5 Å². The van der Waals surface area contributed by atoms with E-state index in [9.17, 15) is 9.59 Å². The number of pyridine rings is 1. The van der Waals surface area contributed by atoms with Crippen molar-refractivity contribution in [1.82, 2.24) is 15.3 Å². The van der Waals surface area contributed by atoms with Crippen molar-refractivity contribution in [2.24, 2.45) is 0 Å². The summed E-state index contributed by atoms with van der Waals surface area (Å²) < 4.78 is 5.59. The molecule has 2 amide bonds. The first-order valence-corrected chi connectivity index (χ1v) is 9.00. The van der Waals surface area contributed by atoms with Gasteiger partial charge in [0.25, 0.3) is 5.91 Å². The minimum atomic E-state index is -0.343. The van der Waals surface area contributed by atoms with Crippen LogP contribution in [0.3, 0.4) is 0 Å². The van der Waals surface area contributed by atoms with E-state index in [4.69, 9.17) is 4.42 Å². The van der Waals surface area contributed by atoms with Crippen molar-refractivity contribution in [2.45, 2.75) is 26.8 Å². The molecule has 0 aliphatic carbocycles. The number of oxazole rings is 1. The van der Waals surface area contributed by atoms with E-state index in [0.717, 1.165) is 22.5 Å². The van der Waals surface area contributed by atoms with E-state index < -0.39 is 0 Å². The lowest BCUT2D eigenvalue weighted by atomic mass is 10.2. The Morgan fingerprint density at radius 3 is 2.46 bits per heavy atom. The third-order valence-electron chi connectivity index (χ3n) is 4.33. The molecule has 0 bridgehead atoms. The van der Waals surface area contributed by atoms with Gasteiger partial charge in [-0.1, -0.05) is 13.0 Å². The number of nitrogens with one attached hydrogen (secondary N) is 1. The van der Waals surface area contributed by atoms with Crippen LogP contribution in [0.15, 0.2) is 53.2 Å². The Bertz CT molecular complexity index is 962. The summed E-state index contributed by atoms with van der Waals surface area (Å²) in [5, 5.41) is 2.79. The monoisotopic (exact) mass is 378 g/mol. The zero-order chi connectivity index (χ0) is 20.1. The highest BCUT2D eigenvalue weighted by Gasteiger charge is 2.14. The summed E-state index contributed by atoms with van der Waals surface area (Å²) in [5.41, 5.74) is 3.33. The molecule has 0 spiro atoms. The molecule has 0 aliphatic heterocycles. The molecule has 2 aromatic heterocycles. The van der Waals surface area contributed by atoms with Crippen LogP contribution < -0.4 is 10.2 Å². The fourth-order valence-electron chi connectivity index (χ4n) is 2.59. The molecule has 28 heavy (non-hydrogen) atoms. The molecule has 3 aromatic rings. The van der Waals surface area contributed by atoms with Gasteiger partial charge >= 0.3 is 0 Å². The van der Waals surface area contributed by atoms with Crippen molar-refractivity contribution < 1.29 is 14.0 Å². The molecule has 1 aromatic carbocycles. The maximum atomic E-state index is 12.3. The van der Waals surface area contributed by atoms with E-state index in [1.165, 1.54) is 6.20 Å². The molecule has 2 heterocycles. The quantitative estimate of drug-likeness (QED) is 0.711. The first-order chi connectivity index (χ1) is 13.5. The minimum absolute atomic E-state index is 0.0339. The molecule has 0 fully saturated rings. The molecular formula is C21H22N4O3. The SMILES string of the molecule is CCC(=O)N(C)c1ccc(-c2ncc(C(=O)NCc3ccc(C)nc3)o2)cc1. The number of carbonyl (C=O) groups is 2. The van der Waals surface area contributed by atoms with E-state index in [1.54, 1.807) is 30.3 Å². The number of amides is 2. The highest BCUT2D eigenvalue weighted by Crippen LogP contribution is 2.23. The Morgan fingerprint density at radius 2 is 1.82 bits per heavy atom. The van der Waals surface area contributed by atoms with Gasteiger partial charge in [-0.3, -0.25) is 14.6 Å². The van der Waals surface area contributed by atoms with Crippen LogP contribution in [0.1, 0.15) is 35.2 Å². The summed E-state index contributed by atoms with van der Waals surface area (Å²) >= 11 is 0. The van der Waals surface area contributed by atoms with Crippen molar-refractivity contribution in [1.29, 1.82) is 0 Å². The van der Waals surface area contributed by atoms with Gasteiger partial charge in [0.15, 0.2) is 0 Å². The smallest absolute Gasteiger partial charge is 0.288 e. The summed E-state index contributed by atoms with van der Waals surface area (Å²) in [5.74, 6) is 0.173. The standard InChI is InChI=1S/C21H22N4O3/c1-4-19(26)25(3)17-9-7-16(8-10-17)21-24-13-18(28-21)20(27)23-12-15-6-5-14(2)22-11-15/h5-11,13H,4,12H2,1-3H3,(H,23,27). The topological polar surface area (TPSA) is 88.3 Å². The highest BCUT2D eigenvalue weighted by atomic mass is 16.4. The number of nitrogens with zero attached hydrogens (tertiary/aromatic N) is 3. The third kappa shape index (κ3) is 4.43. The average Bonchev–Trinajstić information content (AvgIpc) is 3.22. The fraction of sp³-hybridized carbons (Fsp3) is 0.238. The van der Waals surface area contributed by atoms with Gasteiger partial charge in [0.05, 0.1) is 6.20 Å². The lowest BCUT2D eigenvalue weighted by Gasteiger charge is -2.16. The Morgan fingerprint density at radius 1 is 1.07 bits per heavy atom. The molecule has 0 saturated carbocycles. The number of hydrogen-bond donors (Lipinski definition) is 1. The van der Waals surface area contributed by atoms with Gasteiger partial charge in [0.2, 0.25) is 17.6 Å². The number of benzene rings is 1. The van der Waals surface area contributed by atoms with E-state index in [0.29, 0.717) is 18.9 Å². The van der Waals surface area contributed by atoms with Crippen molar-refractivity contribution >= 4 is 17.5 Å². The van der Waals surface area contributed by atoms with Gasteiger partial charge < -0.3 is 14.6 Å². The maximum absolute atomic E-state index is 12.3. The lowest BCUT2D eigenvalue weighted by molar-refractivity contribution is -0.118. The van der Waals surface area contributed by atoms with Gasteiger partial charge in [-0.2, -0.15) is 0 Å². The predicted molar refractivity (Wildman–Crippen MR) is 106 cm³/mol. The first-order valence-electron chi connectivity index (χ1n) is 9.00. The molecule has 7 nitrogen and oxygen atoms in total. The Labute approximate surface area is 163 Å². The second-order valence-corrected chi connectivity index (χ2v) is 6.37. The average molecular weight is 378 g/mol. The van der Waals surface area contributed by atoms with Gasteiger partial charge in [-0.15, -0.1) is 0 Å². The summed E-state index contributed by atoms with van der Waals surface area (Å²) in [6.45, 7) is 4.08. The predicted octanol–water partition coefficient (Wildman–Crippen LogP) is 3.35. The second kappa shape index (κ2) is 8.47. The van der Waals surface area contributed by atoms with Crippen LogP contribution in [-0.2, 0) is 11.3 Å². The molecule has 0 saturated heterocycles. The summed E-state index contributed by atoms with van der Waals surface area (Å²) in [7, 11) is 1.73. The summed E-state index contributed by atoms with van der Waals surface area (Å²) in [4.78, 5) is 34.0. The van der Waals surface area contributed by atoms with Crippen molar-refractivity contribution in [3.63, 3.8) is 0 Å². The van der Waals surface area contributed by atoms with Gasteiger partial charge in [-0.05, 0) is 42.8 Å². The van der Waals surface area contributed by atoms with Crippen molar-refractivity contribution in [3.8, 4) is 11.5 Å². The van der Waals surface area contributed by atoms with Crippen LogP contribution in [-0.4, -0.2) is 28.8 Å². The fourth-order valence-corrected chi connectivity index (χ4v) is 2.59. The van der Waals surface area contributed by atoms with Crippen LogP contribution in [0.2, 0.25) is 0 Å². The number of anilines is 1. The number of aryl methyl sites for hydroxylation is 1. The molecule has 7 heteroatoms. The molecule has 0 aliphatic rings. The van der Waals surface area contributed by atoms with Crippen LogP contribution in [0.4, 0.5) is 5.69 Å². The zero-order valence-corrected chi connectivity index (χ0v) is 16.1. The van der Waals surface area contributed by atoms with E-state index in [1.807, 2.05) is 38.1 Å². The number of hydrogen-bond acceptors (Lipinski definition) is 5. The highest BCUT2D eigenvalue weighted by molar-refractivity contribution is 5.93. The Hall–Kier alpha value is -3.48. The normalized spacial score (nSPS) is 10.5. The van der Waals surface area contributed by atoms with Crippen LogP contribution >= 0.6 is 0 Å². The van der Waals surface area contributed by atoms with Gasteiger partial charge in [0.1, 0.15) is 0 Å². The van der Waals surface area contributed by atoms with Gasteiger partial charge in [-0.25, -0.2) is 4.98 Å². The number of rotatable bonds is 6. The molecule has 0 unspecified atom stereocenters. The van der Waals surface area contributed by atoms with Crippen molar-refractivity contribution in [3.05, 3.63) is 65.8 Å². The minimum Gasteiger partial charge on any atom is -0.431 e. The molecule has 3 rings (SSSR count).